The zero-order valence-electron chi connectivity index (χ0n) is 14.9. The number of likely N-dealkylation sites (tertiary alicyclic amines) is 1. The molecule has 0 aliphatic carbocycles. The number of nitrogens with zero attached hydrogens (tertiary/aromatic N) is 1. The third kappa shape index (κ3) is 4.04. The summed E-state index contributed by atoms with van der Waals surface area (Å²) in [4.78, 5) is 25.8. The van der Waals surface area contributed by atoms with E-state index in [2.05, 4.69) is 5.32 Å². The molecule has 5 heteroatoms. The number of carbonyl (C=O) groups excluding carboxylic acids is 1. The number of rotatable bonds is 5. The highest BCUT2D eigenvalue weighted by Gasteiger charge is 2.42. The van der Waals surface area contributed by atoms with Gasteiger partial charge >= 0.3 is 12.0 Å². The fraction of sp³-hybridized carbons (Fsp3) is 0.333. The number of carboxylic acid groups (broad SMARTS) is 1. The van der Waals surface area contributed by atoms with Gasteiger partial charge < -0.3 is 15.3 Å². The minimum Gasteiger partial charge on any atom is -0.481 e. The Morgan fingerprint density at radius 3 is 2.31 bits per heavy atom. The summed E-state index contributed by atoms with van der Waals surface area (Å²) in [5.41, 5.74) is 1.31. The first-order chi connectivity index (χ1) is 12.5. The van der Waals surface area contributed by atoms with Crippen LogP contribution in [-0.2, 0) is 11.2 Å². The van der Waals surface area contributed by atoms with Gasteiger partial charge in [-0.3, -0.25) is 4.79 Å². The molecular weight excluding hydrogens is 328 g/mol. The van der Waals surface area contributed by atoms with Gasteiger partial charge in [0.15, 0.2) is 0 Å². The van der Waals surface area contributed by atoms with Crippen molar-refractivity contribution >= 4 is 12.0 Å². The molecule has 2 unspecified atom stereocenters. The van der Waals surface area contributed by atoms with Gasteiger partial charge in [0.1, 0.15) is 0 Å². The molecule has 0 radical (unpaired) electrons. The average Bonchev–Trinajstić information content (AvgIpc) is 3.07. The van der Waals surface area contributed by atoms with Crippen LogP contribution in [0.3, 0.4) is 0 Å². The third-order valence-corrected chi connectivity index (χ3v) is 5.06. The van der Waals surface area contributed by atoms with Crippen molar-refractivity contribution in [3.63, 3.8) is 0 Å². The lowest BCUT2D eigenvalue weighted by atomic mass is 9.90. The normalized spacial score (nSPS) is 20.6. The standard InChI is InChI=1S/C21H24N2O3/c1-21(19(24)25)12-13-23(15-21)20(26)22-18(17-10-6-3-7-11-17)14-16-8-4-2-5-9-16/h2-11,18H,12-15H2,1H3,(H,22,26)(H,24,25). The first kappa shape index (κ1) is 18.0. The maximum Gasteiger partial charge on any atom is 0.317 e. The molecule has 2 amide bonds. The maximum absolute atomic E-state index is 12.8. The number of aliphatic carboxylic acids is 1. The molecule has 1 aliphatic heterocycles. The number of carbonyl (C=O) groups is 2. The number of hydrogen-bond donors (Lipinski definition) is 2. The zero-order chi connectivity index (χ0) is 18.6. The number of carboxylic acids is 1. The minimum atomic E-state index is -0.862. The molecule has 2 N–H and O–H groups in total. The number of benzene rings is 2. The van der Waals surface area contributed by atoms with E-state index in [-0.39, 0.29) is 18.6 Å². The van der Waals surface area contributed by atoms with Crippen molar-refractivity contribution < 1.29 is 14.7 Å². The first-order valence-electron chi connectivity index (χ1n) is 8.86. The molecule has 1 saturated heterocycles. The average molecular weight is 352 g/mol. The Hall–Kier alpha value is -2.82. The fourth-order valence-electron chi connectivity index (χ4n) is 3.34. The highest BCUT2D eigenvalue weighted by molar-refractivity contribution is 5.79. The zero-order valence-corrected chi connectivity index (χ0v) is 14.9. The Balaban J connectivity index is 1.74. The van der Waals surface area contributed by atoms with Crippen LogP contribution in [0.2, 0.25) is 0 Å². The van der Waals surface area contributed by atoms with Crippen LogP contribution in [0.15, 0.2) is 60.7 Å². The van der Waals surface area contributed by atoms with Gasteiger partial charge in [0.2, 0.25) is 0 Å². The van der Waals surface area contributed by atoms with Crippen molar-refractivity contribution in [1.82, 2.24) is 10.2 Å². The summed E-state index contributed by atoms with van der Waals surface area (Å²) in [5, 5.41) is 12.5. The molecule has 26 heavy (non-hydrogen) atoms. The summed E-state index contributed by atoms with van der Waals surface area (Å²) in [6, 6.07) is 19.5. The van der Waals surface area contributed by atoms with Gasteiger partial charge in [0, 0.05) is 13.1 Å². The summed E-state index contributed by atoms with van der Waals surface area (Å²) < 4.78 is 0. The van der Waals surface area contributed by atoms with E-state index >= 15 is 0 Å². The molecule has 1 heterocycles. The highest BCUT2D eigenvalue weighted by Crippen LogP contribution is 2.30. The van der Waals surface area contributed by atoms with Crippen LogP contribution in [-0.4, -0.2) is 35.1 Å². The number of urea groups is 1. The predicted octanol–water partition coefficient (Wildman–Crippen LogP) is 3.48. The quantitative estimate of drug-likeness (QED) is 0.865. The lowest BCUT2D eigenvalue weighted by Gasteiger charge is -2.25. The molecule has 3 rings (SSSR count). The van der Waals surface area contributed by atoms with Crippen LogP contribution in [0.25, 0.3) is 0 Å². The molecular formula is C21H24N2O3. The summed E-state index contributed by atoms with van der Waals surface area (Å²) in [6.45, 7) is 2.39. The molecule has 5 nitrogen and oxygen atoms in total. The van der Waals surface area contributed by atoms with Crippen molar-refractivity contribution in [2.24, 2.45) is 5.41 Å². The predicted molar refractivity (Wildman–Crippen MR) is 99.8 cm³/mol. The number of amides is 2. The minimum absolute atomic E-state index is 0.164. The molecule has 0 aromatic heterocycles. The molecule has 1 aliphatic rings. The van der Waals surface area contributed by atoms with Crippen molar-refractivity contribution in [2.45, 2.75) is 25.8 Å². The molecule has 0 spiro atoms. The SMILES string of the molecule is CC1(C(=O)O)CCN(C(=O)NC(Cc2ccccc2)c2ccccc2)C1. The first-order valence-corrected chi connectivity index (χ1v) is 8.86. The Morgan fingerprint density at radius 2 is 1.73 bits per heavy atom. The summed E-state index contributed by atoms with van der Waals surface area (Å²) in [7, 11) is 0. The van der Waals surface area contributed by atoms with Crippen LogP contribution in [0.1, 0.15) is 30.5 Å². The van der Waals surface area contributed by atoms with E-state index in [1.54, 1.807) is 11.8 Å². The molecule has 136 valence electrons. The van der Waals surface area contributed by atoms with E-state index in [0.717, 1.165) is 11.1 Å². The van der Waals surface area contributed by atoms with Crippen LogP contribution in [0.5, 0.6) is 0 Å². The Labute approximate surface area is 153 Å². The Kier molecular flexibility index (Phi) is 5.26. The van der Waals surface area contributed by atoms with Crippen molar-refractivity contribution in [3.05, 3.63) is 71.8 Å². The molecule has 2 atom stereocenters. The second kappa shape index (κ2) is 7.60. The second-order valence-corrected chi connectivity index (χ2v) is 7.14. The van der Waals surface area contributed by atoms with Gasteiger partial charge in [-0.15, -0.1) is 0 Å². The monoisotopic (exact) mass is 352 g/mol. The van der Waals surface area contributed by atoms with E-state index in [1.807, 2.05) is 60.7 Å². The summed E-state index contributed by atoms with van der Waals surface area (Å²) in [5.74, 6) is -0.850. The van der Waals surface area contributed by atoms with E-state index in [9.17, 15) is 14.7 Å². The van der Waals surface area contributed by atoms with Gasteiger partial charge in [0.05, 0.1) is 11.5 Å². The van der Waals surface area contributed by atoms with Crippen LogP contribution in [0, 0.1) is 5.41 Å². The number of hydrogen-bond acceptors (Lipinski definition) is 2. The lowest BCUT2D eigenvalue weighted by Crippen LogP contribution is -2.42. The topological polar surface area (TPSA) is 69.6 Å². The fourth-order valence-corrected chi connectivity index (χ4v) is 3.34. The second-order valence-electron chi connectivity index (χ2n) is 7.14. The third-order valence-electron chi connectivity index (χ3n) is 5.06. The van der Waals surface area contributed by atoms with Crippen LogP contribution < -0.4 is 5.32 Å². The van der Waals surface area contributed by atoms with E-state index in [1.165, 1.54) is 0 Å². The maximum atomic E-state index is 12.8. The van der Waals surface area contributed by atoms with E-state index in [0.29, 0.717) is 19.4 Å². The van der Waals surface area contributed by atoms with Gasteiger partial charge in [-0.25, -0.2) is 4.79 Å². The molecule has 2 aromatic carbocycles. The van der Waals surface area contributed by atoms with Gasteiger partial charge in [-0.2, -0.15) is 0 Å². The van der Waals surface area contributed by atoms with Gasteiger partial charge in [-0.05, 0) is 30.9 Å². The van der Waals surface area contributed by atoms with E-state index in [4.69, 9.17) is 0 Å². The summed E-state index contributed by atoms with van der Waals surface area (Å²) >= 11 is 0. The van der Waals surface area contributed by atoms with Crippen molar-refractivity contribution in [3.8, 4) is 0 Å². The molecule has 0 saturated carbocycles. The van der Waals surface area contributed by atoms with Gasteiger partial charge in [-0.1, -0.05) is 60.7 Å². The Morgan fingerprint density at radius 1 is 1.12 bits per heavy atom. The highest BCUT2D eigenvalue weighted by atomic mass is 16.4. The molecule has 2 aromatic rings. The van der Waals surface area contributed by atoms with Crippen molar-refractivity contribution in [2.75, 3.05) is 13.1 Å². The Bertz CT molecular complexity index is 763. The van der Waals surface area contributed by atoms with Crippen LogP contribution in [0.4, 0.5) is 4.79 Å². The molecule has 1 fully saturated rings. The van der Waals surface area contributed by atoms with Crippen molar-refractivity contribution in [1.29, 1.82) is 0 Å². The largest absolute Gasteiger partial charge is 0.481 e. The number of nitrogens with one attached hydrogen (secondary N) is 1. The molecule has 0 bridgehead atoms. The van der Waals surface area contributed by atoms with Crippen LogP contribution >= 0.6 is 0 Å². The van der Waals surface area contributed by atoms with E-state index < -0.39 is 11.4 Å². The van der Waals surface area contributed by atoms with Gasteiger partial charge in [0.25, 0.3) is 0 Å². The summed E-state index contributed by atoms with van der Waals surface area (Å²) in [6.07, 6.45) is 1.16. The smallest absolute Gasteiger partial charge is 0.317 e. The lowest BCUT2D eigenvalue weighted by molar-refractivity contribution is -0.147.